The summed E-state index contributed by atoms with van der Waals surface area (Å²) in [7, 11) is 0. The fraction of sp³-hybridized carbons (Fsp3) is 0.846. The van der Waals surface area contributed by atoms with E-state index < -0.39 is 11.9 Å². The van der Waals surface area contributed by atoms with Crippen molar-refractivity contribution in [2.24, 2.45) is 11.8 Å². The van der Waals surface area contributed by atoms with Gasteiger partial charge in [0.2, 0.25) is 5.91 Å². The second-order valence-electron chi connectivity index (χ2n) is 4.83. The number of unbranched alkanes of at least 4 members (excludes halogenated alkanes) is 1. The average Bonchev–Trinajstić information content (AvgIpc) is 2.38. The number of carboxylic acid groups (broad SMARTS) is 1. The molecule has 0 aromatic carbocycles. The molecule has 0 saturated heterocycles. The van der Waals surface area contributed by atoms with E-state index in [1.54, 1.807) is 11.8 Å². The second kappa shape index (κ2) is 8.40. The summed E-state index contributed by atoms with van der Waals surface area (Å²) in [6, 6.07) is 0. The molecule has 1 amide bonds. The molecule has 0 spiro atoms. The third kappa shape index (κ3) is 4.88. The molecule has 1 aliphatic rings. The largest absolute Gasteiger partial charge is 0.481 e. The summed E-state index contributed by atoms with van der Waals surface area (Å²) in [6.07, 6.45) is 7.37. The van der Waals surface area contributed by atoms with E-state index in [-0.39, 0.29) is 11.8 Å². The molecule has 2 N–H and O–H groups in total. The van der Waals surface area contributed by atoms with Gasteiger partial charge in [0.05, 0.1) is 11.8 Å². The Bertz CT molecular complexity index is 283. The minimum absolute atomic E-state index is 0.0637. The van der Waals surface area contributed by atoms with Crippen molar-refractivity contribution in [3.05, 3.63) is 0 Å². The highest BCUT2D eigenvalue weighted by Gasteiger charge is 2.35. The Morgan fingerprint density at radius 1 is 1.22 bits per heavy atom. The Hall–Kier alpha value is -0.710. The van der Waals surface area contributed by atoms with E-state index in [0.717, 1.165) is 31.4 Å². The Morgan fingerprint density at radius 2 is 1.89 bits per heavy atom. The maximum Gasteiger partial charge on any atom is 0.307 e. The van der Waals surface area contributed by atoms with Crippen molar-refractivity contribution in [3.63, 3.8) is 0 Å². The van der Waals surface area contributed by atoms with Gasteiger partial charge in [-0.1, -0.05) is 12.8 Å². The molecular formula is C13H23NO3S. The first-order chi connectivity index (χ1) is 8.66. The third-order valence-corrected chi connectivity index (χ3v) is 4.19. The van der Waals surface area contributed by atoms with Crippen molar-refractivity contribution in [1.82, 2.24) is 5.32 Å². The first-order valence-electron chi connectivity index (χ1n) is 6.66. The van der Waals surface area contributed by atoms with Gasteiger partial charge in [0.15, 0.2) is 0 Å². The molecule has 1 aliphatic carbocycles. The summed E-state index contributed by atoms with van der Waals surface area (Å²) >= 11 is 1.80. The second-order valence-corrected chi connectivity index (χ2v) is 5.81. The van der Waals surface area contributed by atoms with Crippen LogP contribution >= 0.6 is 11.8 Å². The summed E-state index contributed by atoms with van der Waals surface area (Å²) in [4.78, 5) is 23.1. The van der Waals surface area contributed by atoms with Crippen molar-refractivity contribution in [1.29, 1.82) is 0 Å². The number of amides is 1. The van der Waals surface area contributed by atoms with Crippen LogP contribution in [0, 0.1) is 11.8 Å². The lowest BCUT2D eigenvalue weighted by atomic mass is 9.78. The summed E-state index contributed by atoms with van der Waals surface area (Å²) in [5.41, 5.74) is 0. The number of thioether (sulfide) groups is 1. The number of rotatable bonds is 7. The van der Waals surface area contributed by atoms with Gasteiger partial charge < -0.3 is 10.4 Å². The zero-order valence-corrected chi connectivity index (χ0v) is 11.8. The maximum absolute atomic E-state index is 12.0. The van der Waals surface area contributed by atoms with Crippen LogP contribution in [0.4, 0.5) is 0 Å². The highest BCUT2D eigenvalue weighted by atomic mass is 32.2. The highest BCUT2D eigenvalue weighted by Crippen LogP contribution is 2.30. The fourth-order valence-corrected chi connectivity index (χ4v) is 2.95. The van der Waals surface area contributed by atoms with Crippen LogP contribution in [0.15, 0.2) is 0 Å². The van der Waals surface area contributed by atoms with Gasteiger partial charge >= 0.3 is 5.97 Å². The Labute approximate surface area is 113 Å². The lowest BCUT2D eigenvalue weighted by molar-refractivity contribution is -0.148. The van der Waals surface area contributed by atoms with Crippen LogP contribution < -0.4 is 5.32 Å². The van der Waals surface area contributed by atoms with Crippen LogP contribution in [0.1, 0.15) is 38.5 Å². The average molecular weight is 273 g/mol. The zero-order chi connectivity index (χ0) is 13.4. The van der Waals surface area contributed by atoms with Crippen LogP contribution in [-0.4, -0.2) is 35.5 Å². The van der Waals surface area contributed by atoms with Gasteiger partial charge in [-0.15, -0.1) is 0 Å². The molecule has 0 aromatic rings. The number of carbonyl (C=O) groups excluding carboxylic acids is 1. The molecule has 1 rings (SSSR count). The molecular weight excluding hydrogens is 250 g/mol. The SMILES string of the molecule is CSCCCCNC(=O)C1CCCCC1C(=O)O. The van der Waals surface area contributed by atoms with E-state index in [1.165, 1.54) is 0 Å². The molecule has 0 aromatic heterocycles. The maximum atomic E-state index is 12.0. The minimum Gasteiger partial charge on any atom is -0.481 e. The van der Waals surface area contributed by atoms with Crippen LogP contribution in [-0.2, 0) is 9.59 Å². The molecule has 5 heteroatoms. The first-order valence-corrected chi connectivity index (χ1v) is 8.05. The quantitative estimate of drug-likeness (QED) is 0.697. The van der Waals surface area contributed by atoms with Gasteiger partial charge in [-0.25, -0.2) is 0 Å². The van der Waals surface area contributed by atoms with Gasteiger partial charge in [-0.2, -0.15) is 11.8 Å². The number of carbonyl (C=O) groups is 2. The van der Waals surface area contributed by atoms with E-state index in [4.69, 9.17) is 5.11 Å². The first kappa shape index (κ1) is 15.3. The standard InChI is InChI=1S/C13H23NO3S/c1-18-9-5-4-8-14-12(15)10-6-2-3-7-11(10)13(16)17/h10-11H,2-9H2,1H3,(H,14,15)(H,16,17). The van der Waals surface area contributed by atoms with Gasteiger partial charge in [-0.3, -0.25) is 9.59 Å². The van der Waals surface area contributed by atoms with Crippen LogP contribution in [0.5, 0.6) is 0 Å². The summed E-state index contributed by atoms with van der Waals surface area (Å²) in [5, 5.41) is 12.0. The Morgan fingerprint density at radius 3 is 2.50 bits per heavy atom. The lowest BCUT2D eigenvalue weighted by Gasteiger charge is -2.27. The Kier molecular flexibility index (Phi) is 7.16. The molecule has 1 fully saturated rings. The predicted octanol–water partition coefficient (Wildman–Crippen LogP) is 2.14. The van der Waals surface area contributed by atoms with Crippen molar-refractivity contribution in [2.45, 2.75) is 38.5 Å². The molecule has 2 unspecified atom stereocenters. The van der Waals surface area contributed by atoms with Crippen LogP contribution in [0.25, 0.3) is 0 Å². The van der Waals surface area contributed by atoms with E-state index in [2.05, 4.69) is 11.6 Å². The van der Waals surface area contributed by atoms with Crippen LogP contribution in [0.2, 0.25) is 0 Å². The molecule has 4 nitrogen and oxygen atoms in total. The minimum atomic E-state index is -0.822. The topological polar surface area (TPSA) is 66.4 Å². The molecule has 1 saturated carbocycles. The normalized spacial score (nSPS) is 23.6. The molecule has 0 aliphatic heterocycles. The fourth-order valence-electron chi connectivity index (χ4n) is 2.45. The molecule has 0 heterocycles. The van der Waals surface area contributed by atoms with Crippen LogP contribution in [0.3, 0.4) is 0 Å². The van der Waals surface area contributed by atoms with Crippen molar-refractivity contribution in [3.8, 4) is 0 Å². The van der Waals surface area contributed by atoms with Crippen molar-refractivity contribution in [2.75, 3.05) is 18.6 Å². The summed E-state index contributed by atoms with van der Waals surface area (Å²) in [5.74, 6) is -0.581. The molecule has 18 heavy (non-hydrogen) atoms. The van der Waals surface area contributed by atoms with E-state index >= 15 is 0 Å². The molecule has 104 valence electrons. The number of hydrogen-bond acceptors (Lipinski definition) is 3. The Balaban J connectivity index is 2.32. The zero-order valence-electron chi connectivity index (χ0n) is 11.0. The van der Waals surface area contributed by atoms with Crippen molar-refractivity contribution >= 4 is 23.6 Å². The van der Waals surface area contributed by atoms with E-state index in [0.29, 0.717) is 19.4 Å². The predicted molar refractivity (Wildman–Crippen MR) is 73.7 cm³/mol. The summed E-state index contributed by atoms with van der Waals surface area (Å²) in [6.45, 7) is 0.669. The number of hydrogen-bond donors (Lipinski definition) is 2. The molecule has 0 bridgehead atoms. The van der Waals surface area contributed by atoms with E-state index in [1.807, 2.05) is 0 Å². The van der Waals surface area contributed by atoms with Gasteiger partial charge in [0.1, 0.15) is 0 Å². The number of aliphatic carboxylic acids is 1. The van der Waals surface area contributed by atoms with Crippen molar-refractivity contribution < 1.29 is 14.7 Å². The smallest absolute Gasteiger partial charge is 0.307 e. The third-order valence-electron chi connectivity index (χ3n) is 3.49. The van der Waals surface area contributed by atoms with Gasteiger partial charge in [0.25, 0.3) is 0 Å². The van der Waals surface area contributed by atoms with Gasteiger partial charge in [-0.05, 0) is 37.7 Å². The van der Waals surface area contributed by atoms with Gasteiger partial charge in [0, 0.05) is 6.54 Å². The summed E-state index contributed by atoms with van der Waals surface area (Å²) < 4.78 is 0. The highest BCUT2D eigenvalue weighted by molar-refractivity contribution is 7.98. The monoisotopic (exact) mass is 273 g/mol. The number of carboxylic acids is 1. The lowest BCUT2D eigenvalue weighted by Crippen LogP contribution is -2.40. The molecule has 0 radical (unpaired) electrons. The number of nitrogens with one attached hydrogen (secondary N) is 1. The molecule has 2 atom stereocenters. The van der Waals surface area contributed by atoms with E-state index in [9.17, 15) is 9.59 Å².